The van der Waals surface area contributed by atoms with Crippen LogP contribution in [0.2, 0.25) is 0 Å². The van der Waals surface area contributed by atoms with Crippen LogP contribution in [0.15, 0.2) is 73.1 Å². The van der Waals surface area contributed by atoms with Crippen molar-refractivity contribution in [3.63, 3.8) is 0 Å². The number of hydrogen-bond acceptors (Lipinski definition) is 6. The summed E-state index contributed by atoms with van der Waals surface area (Å²) in [5, 5.41) is 11.2. The molecule has 1 atom stereocenters. The molecule has 2 heterocycles. The summed E-state index contributed by atoms with van der Waals surface area (Å²) in [6.45, 7) is 2.87. The molecule has 0 saturated carbocycles. The normalized spacial score (nSPS) is 11.8. The molecule has 2 aromatic carbocycles. The molecule has 0 bridgehead atoms. The smallest absolute Gasteiger partial charge is 0.247 e. The van der Waals surface area contributed by atoms with Gasteiger partial charge in [0, 0.05) is 38.2 Å². The first-order chi connectivity index (χ1) is 17.1. The minimum absolute atomic E-state index is 0.0610. The zero-order chi connectivity index (χ0) is 24.6. The van der Waals surface area contributed by atoms with Crippen molar-refractivity contribution in [1.82, 2.24) is 30.2 Å². The fraction of sp³-hybridized carbons (Fsp3) is 0.269. The Bertz CT molecular complexity index is 1270. The van der Waals surface area contributed by atoms with Gasteiger partial charge in [-0.05, 0) is 30.7 Å². The van der Waals surface area contributed by atoms with Gasteiger partial charge in [-0.1, -0.05) is 53.2 Å². The van der Waals surface area contributed by atoms with Crippen molar-refractivity contribution in [2.45, 2.75) is 26.1 Å². The Balaban J connectivity index is 1.70. The summed E-state index contributed by atoms with van der Waals surface area (Å²) in [6, 6.07) is 18.0. The van der Waals surface area contributed by atoms with E-state index in [1.165, 1.54) is 0 Å². The van der Waals surface area contributed by atoms with Crippen molar-refractivity contribution in [2.24, 2.45) is 0 Å². The molecule has 2 aromatic heterocycles. The molecule has 0 aliphatic rings. The molecular formula is C26H28N6O3. The number of aromatic nitrogens is 4. The highest BCUT2D eigenvalue weighted by atomic mass is 16.5. The molecule has 0 aliphatic heterocycles. The van der Waals surface area contributed by atoms with Crippen LogP contribution in [0.1, 0.15) is 22.7 Å². The third kappa shape index (κ3) is 5.88. The van der Waals surface area contributed by atoms with E-state index in [-0.39, 0.29) is 24.9 Å². The molecule has 1 N–H and O–H groups in total. The average molecular weight is 473 g/mol. The van der Waals surface area contributed by atoms with Crippen LogP contribution in [-0.2, 0) is 27.4 Å². The molecule has 0 unspecified atom stereocenters. The van der Waals surface area contributed by atoms with Crippen molar-refractivity contribution < 1.29 is 14.3 Å². The number of para-hydroxylation sites is 1. The number of fused-ring (bicyclic) bond motifs is 1. The summed E-state index contributed by atoms with van der Waals surface area (Å²) in [5.74, 6) is -0.573. The number of rotatable bonds is 10. The van der Waals surface area contributed by atoms with Gasteiger partial charge >= 0.3 is 0 Å². The number of amides is 2. The van der Waals surface area contributed by atoms with Crippen molar-refractivity contribution in [3.8, 4) is 0 Å². The largest absolute Gasteiger partial charge is 0.383 e. The highest BCUT2D eigenvalue weighted by molar-refractivity contribution is 5.89. The van der Waals surface area contributed by atoms with E-state index in [0.717, 1.165) is 16.6 Å². The van der Waals surface area contributed by atoms with Crippen molar-refractivity contribution >= 4 is 22.8 Å². The van der Waals surface area contributed by atoms with Crippen molar-refractivity contribution in [1.29, 1.82) is 0 Å². The fourth-order valence-electron chi connectivity index (χ4n) is 3.85. The second-order valence-corrected chi connectivity index (χ2v) is 8.22. The van der Waals surface area contributed by atoms with Gasteiger partial charge in [0.05, 0.1) is 12.1 Å². The lowest BCUT2D eigenvalue weighted by Gasteiger charge is -2.31. The Morgan fingerprint density at radius 1 is 1.09 bits per heavy atom. The third-order valence-electron chi connectivity index (χ3n) is 5.66. The van der Waals surface area contributed by atoms with E-state index in [4.69, 9.17) is 4.74 Å². The summed E-state index contributed by atoms with van der Waals surface area (Å²) in [5.41, 5.74) is 4.09. The van der Waals surface area contributed by atoms with Gasteiger partial charge in [0.15, 0.2) is 0 Å². The number of hydrogen-bond donors (Lipinski definition) is 1. The van der Waals surface area contributed by atoms with E-state index in [1.807, 2.05) is 55.5 Å². The van der Waals surface area contributed by atoms with Crippen LogP contribution in [0.5, 0.6) is 0 Å². The maximum Gasteiger partial charge on any atom is 0.247 e. The van der Waals surface area contributed by atoms with Crippen molar-refractivity contribution in [3.05, 3.63) is 89.7 Å². The highest BCUT2D eigenvalue weighted by Gasteiger charge is 2.32. The molecule has 4 aromatic rings. The number of nitrogens with zero attached hydrogens (tertiary/aromatic N) is 5. The number of ether oxygens (including phenoxy) is 1. The van der Waals surface area contributed by atoms with Gasteiger partial charge in [-0.2, -0.15) is 0 Å². The molecule has 180 valence electrons. The minimum Gasteiger partial charge on any atom is -0.383 e. The Kier molecular flexibility index (Phi) is 7.79. The lowest BCUT2D eigenvalue weighted by Crippen LogP contribution is -2.45. The Morgan fingerprint density at radius 2 is 1.89 bits per heavy atom. The zero-order valence-corrected chi connectivity index (χ0v) is 19.8. The van der Waals surface area contributed by atoms with E-state index in [2.05, 4.69) is 20.6 Å². The lowest BCUT2D eigenvalue weighted by atomic mass is 10.0. The second-order valence-electron chi connectivity index (χ2n) is 8.22. The molecule has 4 rings (SSSR count). The molecule has 0 spiro atoms. The molecule has 0 fully saturated rings. The summed E-state index contributed by atoms with van der Waals surface area (Å²) in [4.78, 5) is 32.9. The summed E-state index contributed by atoms with van der Waals surface area (Å²) in [6.07, 6.45) is 3.25. The predicted octanol–water partition coefficient (Wildman–Crippen LogP) is 2.67. The number of pyridine rings is 1. The van der Waals surface area contributed by atoms with Gasteiger partial charge in [-0.25, -0.2) is 4.68 Å². The maximum atomic E-state index is 13.8. The van der Waals surface area contributed by atoms with Crippen LogP contribution >= 0.6 is 0 Å². The fourth-order valence-corrected chi connectivity index (χ4v) is 3.85. The summed E-state index contributed by atoms with van der Waals surface area (Å²) in [7, 11) is 1.57. The van der Waals surface area contributed by atoms with Crippen LogP contribution in [-0.4, -0.2) is 57.0 Å². The monoisotopic (exact) mass is 472 g/mol. The second kappa shape index (κ2) is 11.3. The third-order valence-corrected chi connectivity index (χ3v) is 5.66. The van der Waals surface area contributed by atoms with E-state index in [1.54, 1.807) is 41.2 Å². The van der Waals surface area contributed by atoms with Gasteiger partial charge in [-0.15, -0.1) is 5.10 Å². The SMILES string of the molecule is COCCNC(=O)[C@H](c1cccnc1)N(Cc1ccc(C)cc1)C(=O)Cn1nnc2ccccc21. The Labute approximate surface area is 203 Å². The standard InChI is InChI=1S/C26H28N6O3/c1-19-9-11-20(12-10-19)17-31(24(33)18-32-23-8-4-3-7-22(23)29-30-32)25(21-6-5-13-27-16-21)26(34)28-14-15-35-2/h3-13,16,25H,14-15,17-18H2,1-2H3,(H,28,34)/t25-/m0/s1. The summed E-state index contributed by atoms with van der Waals surface area (Å²) < 4.78 is 6.64. The first kappa shape index (κ1) is 24.0. The van der Waals surface area contributed by atoms with E-state index in [9.17, 15) is 9.59 Å². The Morgan fingerprint density at radius 3 is 2.63 bits per heavy atom. The topological polar surface area (TPSA) is 102 Å². The lowest BCUT2D eigenvalue weighted by molar-refractivity contribution is -0.142. The number of aryl methyl sites for hydroxylation is 1. The molecule has 0 saturated heterocycles. The Hall–Kier alpha value is -4.11. The summed E-state index contributed by atoms with van der Waals surface area (Å²) >= 11 is 0. The number of carbonyl (C=O) groups excluding carboxylic acids is 2. The van der Waals surface area contributed by atoms with Crippen LogP contribution in [0.3, 0.4) is 0 Å². The molecule has 35 heavy (non-hydrogen) atoms. The zero-order valence-electron chi connectivity index (χ0n) is 19.8. The number of benzene rings is 2. The first-order valence-electron chi connectivity index (χ1n) is 11.4. The number of carbonyl (C=O) groups is 2. The molecule has 9 heteroatoms. The molecule has 2 amide bonds. The molecule has 0 radical (unpaired) electrons. The highest BCUT2D eigenvalue weighted by Crippen LogP contribution is 2.24. The minimum atomic E-state index is -0.885. The molecule has 0 aliphatic carbocycles. The van der Waals surface area contributed by atoms with Crippen LogP contribution < -0.4 is 5.32 Å². The van der Waals surface area contributed by atoms with Gasteiger partial charge in [0.2, 0.25) is 11.8 Å². The van der Waals surface area contributed by atoms with Crippen LogP contribution in [0, 0.1) is 6.92 Å². The van der Waals surface area contributed by atoms with Gasteiger partial charge < -0.3 is 15.0 Å². The molecule has 9 nitrogen and oxygen atoms in total. The quantitative estimate of drug-likeness (QED) is 0.356. The van der Waals surface area contributed by atoms with Crippen LogP contribution in [0.25, 0.3) is 11.0 Å². The first-order valence-corrected chi connectivity index (χ1v) is 11.4. The van der Waals surface area contributed by atoms with Gasteiger partial charge in [0.1, 0.15) is 18.1 Å². The maximum absolute atomic E-state index is 13.8. The van der Waals surface area contributed by atoms with E-state index < -0.39 is 6.04 Å². The number of nitrogens with one attached hydrogen (secondary N) is 1. The molecular weight excluding hydrogens is 444 g/mol. The number of methoxy groups -OCH3 is 1. The van der Waals surface area contributed by atoms with E-state index in [0.29, 0.717) is 24.2 Å². The van der Waals surface area contributed by atoms with Gasteiger partial charge in [0.25, 0.3) is 0 Å². The average Bonchev–Trinajstić information content (AvgIpc) is 3.28. The van der Waals surface area contributed by atoms with E-state index >= 15 is 0 Å². The van der Waals surface area contributed by atoms with Crippen LogP contribution in [0.4, 0.5) is 0 Å². The van der Waals surface area contributed by atoms with Gasteiger partial charge in [-0.3, -0.25) is 14.6 Å². The predicted molar refractivity (Wildman–Crippen MR) is 131 cm³/mol. The van der Waals surface area contributed by atoms with Crippen molar-refractivity contribution in [2.75, 3.05) is 20.3 Å².